The molecule has 1 aromatic heterocycles. The van der Waals surface area contributed by atoms with Gasteiger partial charge < -0.3 is 5.32 Å². The summed E-state index contributed by atoms with van der Waals surface area (Å²) in [6, 6.07) is 1.80. The maximum absolute atomic E-state index is 4.14. The number of aliphatic imine (C=N–C) groups is 1. The molecular weight excluding hydrogens is 200 g/mol. The van der Waals surface area contributed by atoms with E-state index in [-0.39, 0.29) is 0 Å². The Morgan fingerprint density at radius 3 is 2.94 bits per heavy atom. The van der Waals surface area contributed by atoms with Crippen LogP contribution in [0, 0.1) is 0 Å². The number of nitrogens with one attached hydrogen (secondary N) is 1. The highest BCUT2D eigenvalue weighted by atomic mass is 15.0. The second-order valence-electron chi connectivity index (χ2n) is 3.14. The SMILES string of the molecule is C=C(CNCc1ncccn1)N=C/C=C\C. The van der Waals surface area contributed by atoms with Crippen LogP contribution in [0.2, 0.25) is 0 Å². The standard InChI is InChI=1S/C12H16N4/c1-3-4-6-14-11(2)9-13-10-12-15-7-5-8-16-12/h3-8,13H,2,9-10H2,1H3/b4-3-,14-6?. The molecule has 1 rings (SSSR count). The number of rotatable bonds is 6. The zero-order valence-electron chi connectivity index (χ0n) is 9.43. The fraction of sp³-hybridized carbons (Fsp3) is 0.250. The van der Waals surface area contributed by atoms with Gasteiger partial charge in [0.1, 0.15) is 5.82 Å². The van der Waals surface area contributed by atoms with E-state index in [4.69, 9.17) is 0 Å². The second kappa shape index (κ2) is 7.48. The summed E-state index contributed by atoms with van der Waals surface area (Å²) >= 11 is 0. The van der Waals surface area contributed by atoms with E-state index >= 15 is 0 Å². The van der Waals surface area contributed by atoms with E-state index in [0.29, 0.717) is 13.1 Å². The summed E-state index contributed by atoms with van der Waals surface area (Å²) in [6.07, 6.45) is 8.96. The Morgan fingerprint density at radius 1 is 1.50 bits per heavy atom. The summed E-state index contributed by atoms with van der Waals surface area (Å²) in [5, 5.41) is 3.17. The van der Waals surface area contributed by atoms with Gasteiger partial charge in [-0.2, -0.15) is 0 Å². The molecule has 0 saturated heterocycles. The molecule has 4 heteroatoms. The van der Waals surface area contributed by atoms with Crippen LogP contribution < -0.4 is 5.32 Å². The zero-order valence-corrected chi connectivity index (χ0v) is 9.43. The number of hydrogen-bond acceptors (Lipinski definition) is 4. The Balaban J connectivity index is 2.23. The minimum absolute atomic E-state index is 0.624. The van der Waals surface area contributed by atoms with Crippen LogP contribution in [0.25, 0.3) is 0 Å². The zero-order chi connectivity index (χ0) is 11.6. The Hall–Kier alpha value is -1.81. The first-order valence-electron chi connectivity index (χ1n) is 5.12. The molecule has 0 fully saturated rings. The Morgan fingerprint density at radius 2 is 2.25 bits per heavy atom. The molecule has 0 aromatic carbocycles. The third-order valence-electron chi connectivity index (χ3n) is 1.77. The Bertz CT molecular complexity index is 368. The van der Waals surface area contributed by atoms with Crippen LogP contribution in [0.3, 0.4) is 0 Å². The van der Waals surface area contributed by atoms with E-state index in [9.17, 15) is 0 Å². The molecule has 0 aliphatic rings. The van der Waals surface area contributed by atoms with Crippen LogP contribution in [-0.4, -0.2) is 22.7 Å². The van der Waals surface area contributed by atoms with Crippen molar-refractivity contribution in [2.75, 3.05) is 6.54 Å². The van der Waals surface area contributed by atoms with Crippen molar-refractivity contribution in [3.63, 3.8) is 0 Å². The van der Waals surface area contributed by atoms with Gasteiger partial charge >= 0.3 is 0 Å². The van der Waals surface area contributed by atoms with Gasteiger partial charge in [0.2, 0.25) is 0 Å². The maximum Gasteiger partial charge on any atom is 0.141 e. The van der Waals surface area contributed by atoms with Gasteiger partial charge in [0, 0.05) is 30.9 Å². The second-order valence-corrected chi connectivity index (χ2v) is 3.14. The highest BCUT2D eigenvalue weighted by molar-refractivity contribution is 5.71. The highest BCUT2D eigenvalue weighted by Crippen LogP contribution is 1.91. The smallest absolute Gasteiger partial charge is 0.141 e. The van der Waals surface area contributed by atoms with Crippen molar-refractivity contribution in [1.29, 1.82) is 0 Å². The number of allylic oxidation sites excluding steroid dienone is 2. The lowest BCUT2D eigenvalue weighted by Crippen LogP contribution is -2.17. The van der Waals surface area contributed by atoms with Crippen LogP contribution in [0.5, 0.6) is 0 Å². The van der Waals surface area contributed by atoms with E-state index < -0.39 is 0 Å². The third-order valence-corrected chi connectivity index (χ3v) is 1.77. The molecule has 0 unspecified atom stereocenters. The molecule has 0 saturated carbocycles. The first-order valence-corrected chi connectivity index (χ1v) is 5.12. The number of aromatic nitrogens is 2. The molecule has 0 aliphatic heterocycles. The van der Waals surface area contributed by atoms with Gasteiger partial charge in [-0.05, 0) is 19.1 Å². The van der Waals surface area contributed by atoms with Gasteiger partial charge in [-0.25, -0.2) is 9.97 Å². The molecule has 0 amide bonds. The summed E-state index contributed by atoms with van der Waals surface area (Å²) in [5.41, 5.74) is 0.786. The molecule has 1 N–H and O–H groups in total. The van der Waals surface area contributed by atoms with Crippen molar-refractivity contribution in [1.82, 2.24) is 15.3 Å². The van der Waals surface area contributed by atoms with Crippen LogP contribution in [-0.2, 0) is 6.54 Å². The van der Waals surface area contributed by atoms with Gasteiger partial charge in [-0.15, -0.1) is 0 Å². The monoisotopic (exact) mass is 216 g/mol. The molecule has 1 aromatic rings. The maximum atomic E-state index is 4.14. The lowest BCUT2D eigenvalue weighted by Gasteiger charge is -2.02. The van der Waals surface area contributed by atoms with Gasteiger partial charge in [-0.3, -0.25) is 4.99 Å². The lowest BCUT2D eigenvalue weighted by atomic mass is 10.4. The minimum Gasteiger partial charge on any atom is -0.304 e. The van der Waals surface area contributed by atoms with Crippen molar-refractivity contribution in [3.8, 4) is 0 Å². The molecular formula is C12H16N4. The molecule has 84 valence electrons. The van der Waals surface area contributed by atoms with Crippen LogP contribution in [0.4, 0.5) is 0 Å². The molecule has 0 aliphatic carbocycles. The molecule has 1 heterocycles. The fourth-order valence-electron chi connectivity index (χ4n) is 1.02. The number of nitrogens with zero attached hydrogens (tertiary/aromatic N) is 3. The van der Waals surface area contributed by atoms with Gasteiger partial charge in [0.25, 0.3) is 0 Å². The molecule has 16 heavy (non-hydrogen) atoms. The van der Waals surface area contributed by atoms with Gasteiger partial charge in [0.15, 0.2) is 0 Å². The van der Waals surface area contributed by atoms with Crippen molar-refractivity contribution in [2.45, 2.75) is 13.5 Å². The summed E-state index contributed by atoms with van der Waals surface area (Å²) in [7, 11) is 0. The van der Waals surface area contributed by atoms with E-state index in [1.54, 1.807) is 24.7 Å². The molecule has 4 nitrogen and oxygen atoms in total. The topological polar surface area (TPSA) is 50.2 Å². The fourth-order valence-corrected chi connectivity index (χ4v) is 1.02. The Kier molecular flexibility index (Phi) is 5.73. The van der Waals surface area contributed by atoms with Crippen molar-refractivity contribution in [3.05, 3.63) is 48.7 Å². The molecule has 0 spiro atoms. The van der Waals surface area contributed by atoms with E-state index in [1.807, 2.05) is 19.1 Å². The average Bonchev–Trinajstić information content (AvgIpc) is 2.31. The largest absolute Gasteiger partial charge is 0.304 e. The summed E-state index contributed by atoms with van der Waals surface area (Å²) in [4.78, 5) is 12.3. The van der Waals surface area contributed by atoms with E-state index in [2.05, 4.69) is 26.9 Å². The highest BCUT2D eigenvalue weighted by Gasteiger charge is 1.94. The van der Waals surface area contributed by atoms with Crippen molar-refractivity contribution < 1.29 is 0 Å². The van der Waals surface area contributed by atoms with E-state index in [1.165, 1.54) is 0 Å². The summed E-state index contributed by atoms with van der Waals surface area (Å²) < 4.78 is 0. The first-order chi connectivity index (χ1) is 7.83. The van der Waals surface area contributed by atoms with Gasteiger partial charge in [0.05, 0.1) is 6.54 Å². The number of hydrogen-bond donors (Lipinski definition) is 1. The van der Waals surface area contributed by atoms with Crippen molar-refractivity contribution in [2.24, 2.45) is 4.99 Å². The third kappa shape index (κ3) is 5.17. The summed E-state index contributed by atoms with van der Waals surface area (Å²) in [5.74, 6) is 0.771. The molecule has 0 atom stereocenters. The van der Waals surface area contributed by atoms with Crippen LogP contribution >= 0.6 is 0 Å². The Labute approximate surface area is 95.9 Å². The minimum atomic E-state index is 0.624. The predicted molar refractivity (Wildman–Crippen MR) is 66.2 cm³/mol. The van der Waals surface area contributed by atoms with Crippen molar-refractivity contribution >= 4 is 6.21 Å². The predicted octanol–water partition coefficient (Wildman–Crippen LogP) is 1.73. The lowest BCUT2D eigenvalue weighted by molar-refractivity contribution is 0.699. The first kappa shape index (κ1) is 12.3. The average molecular weight is 216 g/mol. The van der Waals surface area contributed by atoms with Crippen LogP contribution in [0.1, 0.15) is 12.7 Å². The van der Waals surface area contributed by atoms with Gasteiger partial charge in [-0.1, -0.05) is 12.7 Å². The molecule has 0 bridgehead atoms. The van der Waals surface area contributed by atoms with Crippen LogP contribution in [0.15, 0.2) is 47.9 Å². The van der Waals surface area contributed by atoms with E-state index in [0.717, 1.165) is 11.5 Å². The summed E-state index contributed by atoms with van der Waals surface area (Å²) in [6.45, 7) is 7.02. The normalized spacial score (nSPS) is 11.3. The quantitative estimate of drug-likeness (QED) is 0.737. The molecule has 0 radical (unpaired) electrons.